The summed E-state index contributed by atoms with van der Waals surface area (Å²) >= 11 is 0. The van der Waals surface area contributed by atoms with E-state index in [1.165, 1.54) is 18.4 Å². The van der Waals surface area contributed by atoms with Crippen molar-refractivity contribution < 1.29 is 9.59 Å². The minimum atomic E-state index is -0.159. The van der Waals surface area contributed by atoms with Crippen LogP contribution in [0.2, 0.25) is 0 Å². The summed E-state index contributed by atoms with van der Waals surface area (Å²) in [5, 5.41) is 3.16. The van der Waals surface area contributed by atoms with Gasteiger partial charge in [0.15, 0.2) is 0 Å². The molecule has 1 heterocycles. The van der Waals surface area contributed by atoms with Gasteiger partial charge in [0.05, 0.1) is 0 Å². The number of likely N-dealkylation sites (tertiary alicyclic amines) is 1. The Balaban J connectivity index is 1.64. The van der Waals surface area contributed by atoms with Crippen molar-refractivity contribution in [2.75, 3.05) is 20.1 Å². The summed E-state index contributed by atoms with van der Waals surface area (Å²) in [6.07, 6.45) is 5.81. The molecule has 0 aromatic heterocycles. The van der Waals surface area contributed by atoms with Gasteiger partial charge in [-0.25, -0.2) is 0 Å². The largest absolute Gasteiger partial charge is 0.355 e. The molecule has 1 saturated heterocycles. The second kappa shape index (κ2) is 6.73. The second-order valence-electron chi connectivity index (χ2n) is 7.08. The van der Waals surface area contributed by atoms with Crippen LogP contribution in [-0.2, 0) is 15.0 Å². The predicted octanol–water partition coefficient (Wildman–Crippen LogP) is 2.48. The Bertz CT molecular complexity index is 564. The predicted molar refractivity (Wildman–Crippen MR) is 90.0 cm³/mol. The van der Waals surface area contributed by atoms with Gasteiger partial charge in [-0.2, -0.15) is 0 Å². The van der Waals surface area contributed by atoms with Crippen molar-refractivity contribution in [1.29, 1.82) is 0 Å². The first kappa shape index (κ1) is 16.0. The molecule has 0 bridgehead atoms. The van der Waals surface area contributed by atoms with Crippen molar-refractivity contribution in [2.24, 2.45) is 5.92 Å². The molecule has 1 saturated carbocycles. The van der Waals surface area contributed by atoms with Gasteiger partial charge in [-0.1, -0.05) is 43.2 Å². The lowest BCUT2D eigenvalue weighted by atomic mass is 9.78. The van der Waals surface area contributed by atoms with Crippen LogP contribution >= 0.6 is 0 Å². The van der Waals surface area contributed by atoms with E-state index in [-0.39, 0.29) is 23.1 Å². The molecule has 4 nitrogen and oxygen atoms in total. The van der Waals surface area contributed by atoms with E-state index in [1.807, 2.05) is 6.07 Å². The summed E-state index contributed by atoms with van der Waals surface area (Å²) in [6, 6.07) is 10.5. The van der Waals surface area contributed by atoms with Crippen molar-refractivity contribution in [1.82, 2.24) is 10.2 Å². The minimum Gasteiger partial charge on any atom is -0.355 e. The molecule has 2 amide bonds. The number of benzene rings is 1. The number of carbonyl (C=O) groups excluding carboxylic acids is 2. The molecule has 0 unspecified atom stereocenters. The zero-order valence-corrected chi connectivity index (χ0v) is 13.9. The Hall–Kier alpha value is -1.84. The first-order chi connectivity index (χ1) is 11.1. The van der Waals surface area contributed by atoms with E-state index in [1.54, 1.807) is 11.9 Å². The maximum absolute atomic E-state index is 12.5. The van der Waals surface area contributed by atoms with Crippen molar-refractivity contribution in [3.8, 4) is 0 Å². The van der Waals surface area contributed by atoms with Gasteiger partial charge in [-0.05, 0) is 24.8 Å². The third-order valence-electron chi connectivity index (χ3n) is 5.58. The number of nitrogens with zero attached hydrogens (tertiary/aromatic N) is 1. The zero-order valence-electron chi connectivity index (χ0n) is 13.9. The SMILES string of the molecule is CN1CC[C@H](C(=O)NCC2(c3ccccc3)CCCC2)CC1=O. The summed E-state index contributed by atoms with van der Waals surface area (Å²) in [4.78, 5) is 26.0. The molecule has 1 aliphatic carbocycles. The smallest absolute Gasteiger partial charge is 0.223 e. The number of piperidine rings is 1. The molecule has 23 heavy (non-hydrogen) atoms. The second-order valence-corrected chi connectivity index (χ2v) is 7.08. The molecule has 2 aliphatic rings. The van der Waals surface area contributed by atoms with Crippen LogP contribution < -0.4 is 5.32 Å². The first-order valence-electron chi connectivity index (χ1n) is 8.68. The van der Waals surface area contributed by atoms with Gasteiger partial charge >= 0.3 is 0 Å². The first-order valence-corrected chi connectivity index (χ1v) is 8.68. The lowest BCUT2D eigenvalue weighted by molar-refractivity contribution is -0.139. The zero-order chi connectivity index (χ0) is 16.3. The fourth-order valence-corrected chi connectivity index (χ4v) is 3.98. The van der Waals surface area contributed by atoms with Gasteiger partial charge in [0.25, 0.3) is 0 Å². The molecule has 0 spiro atoms. The van der Waals surface area contributed by atoms with Crippen LogP contribution in [0.1, 0.15) is 44.1 Å². The quantitative estimate of drug-likeness (QED) is 0.928. The normalized spacial score (nSPS) is 23.8. The van der Waals surface area contributed by atoms with Crippen LogP contribution in [0.25, 0.3) is 0 Å². The Morgan fingerprint density at radius 2 is 1.96 bits per heavy atom. The average Bonchev–Trinajstić information content (AvgIpc) is 3.06. The van der Waals surface area contributed by atoms with Crippen LogP contribution in [-0.4, -0.2) is 36.9 Å². The topological polar surface area (TPSA) is 49.4 Å². The van der Waals surface area contributed by atoms with E-state index in [0.717, 1.165) is 19.3 Å². The van der Waals surface area contributed by atoms with E-state index in [2.05, 4.69) is 29.6 Å². The number of hydrogen-bond acceptors (Lipinski definition) is 2. The molecule has 1 aromatic carbocycles. The molecule has 0 radical (unpaired) electrons. The van der Waals surface area contributed by atoms with Crippen LogP contribution in [0.3, 0.4) is 0 Å². The monoisotopic (exact) mass is 314 g/mol. The highest BCUT2D eigenvalue weighted by Crippen LogP contribution is 2.40. The molecule has 1 N–H and O–H groups in total. The maximum atomic E-state index is 12.5. The number of amides is 2. The molecular weight excluding hydrogens is 288 g/mol. The van der Waals surface area contributed by atoms with E-state index in [4.69, 9.17) is 0 Å². The lowest BCUT2D eigenvalue weighted by Crippen LogP contribution is -2.45. The Kier molecular flexibility index (Phi) is 4.69. The number of hydrogen-bond donors (Lipinski definition) is 1. The summed E-state index contributed by atoms with van der Waals surface area (Å²) < 4.78 is 0. The van der Waals surface area contributed by atoms with Crippen LogP contribution in [0.5, 0.6) is 0 Å². The Morgan fingerprint density at radius 1 is 1.26 bits per heavy atom. The van der Waals surface area contributed by atoms with Crippen molar-refractivity contribution in [3.05, 3.63) is 35.9 Å². The maximum Gasteiger partial charge on any atom is 0.223 e. The molecule has 2 fully saturated rings. The third kappa shape index (κ3) is 3.41. The van der Waals surface area contributed by atoms with Gasteiger partial charge in [0.1, 0.15) is 0 Å². The molecular formula is C19H26N2O2. The van der Waals surface area contributed by atoms with Gasteiger partial charge in [-0.15, -0.1) is 0 Å². The summed E-state index contributed by atoms with van der Waals surface area (Å²) in [7, 11) is 1.80. The number of carbonyl (C=O) groups is 2. The van der Waals surface area contributed by atoms with Gasteiger partial charge in [-0.3, -0.25) is 9.59 Å². The molecule has 1 aromatic rings. The highest BCUT2D eigenvalue weighted by molar-refractivity contribution is 5.86. The fraction of sp³-hybridized carbons (Fsp3) is 0.579. The van der Waals surface area contributed by atoms with Crippen LogP contribution in [0, 0.1) is 5.92 Å². The van der Waals surface area contributed by atoms with E-state index in [0.29, 0.717) is 19.5 Å². The summed E-state index contributed by atoms with van der Waals surface area (Å²) in [5.74, 6) is -0.0309. The van der Waals surface area contributed by atoms with Crippen LogP contribution in [0.15, 0.2) is 30.3 Å². The lowest BCUT2D eigenvalue weighted by Gasteiger charge is -2.32. The van der Waals surface area contributed by atoms with Crippen molar-refractivity contribution >= 4 is 11.8 Å². The molecule has 1 aliphatic heterocycles. The van der Waals surface area contributed by atoms with Gasteiger partial charge in [0.2, 0.25) is 11.8 Å². The summed E-state index contributed by atoms with van der Waals surface area (Å²) in [6.45, 7) is 1.37. The van der Waals surface area contributed by atoms with E-state index < -0.39 is 0 Å². The molecule has 3 rings (SSSR count). The molecule has 124 valence electrons. The number of rotatable bonds is 4. The van der Waals surface area contributed by atoms with Crippen LogP contribution in [0.4, 0.5) is 0 Å². The number of nitrogens with one attached hydrogen (secondary N) is 1. The van der Waals surface area contributed by atoms with Crippen molar-refractivity contribution in [3.63, 3.8) is 0 Å². The molecule has 4 heteroatoms. The van der Waals surface area contributed by atoms with Crippen molar-refractivity contribution in [2.45, 2.75) is 43.9 Å². The fourth-order valence-electron chi connectivity index (χ4n) is 3.98. The molecule has 1 atom stereocenters. The average molecular weight is 314 g/mol. The van der Waals surface area contributed by atoms with E-state index in [9.17, 15) is 9.59 Å². The highest BCUT2D eigenvalue weighted by Gasteiger charge is 2.37. The Morgan fingerprint density at radius 3 is 2.61 bits per heavy atom. The Labute approximate surface area is 138 Å². The highest BCUT2D eigenvalue weighted by atomic mass is 16.2. The standard InChI is InChI=1S/C19H26N2O2/c1-21-12-9-15(13-17(21)22)18(23)20-14-19(10-5-6-11-19)16-7-3-2-4-8-16/h2-4,7-8,15H,5-6,9-14H2,1H3,(H,20,23)/t15-/m0/s1. The van der Waals surface area contributed by atoms with Gasteiger partial charge in [0, 0.05) is 37.9 Å². The van der Waals surface area contributed by atoms with Gasteiger partial charge < -0.3 is 10.2 Å². The summed E-state index contributed by atoms with van der Waals surface area (Å²) in [5.41, 5.74) is 1.41. The van der Waals surface area contributed by atoms with E-state index >= 15 is 0 Å². The minimum absolute atomic E-state index is 0.0497. The third-order valence-corrected chi connectivity index (χ3v) is 5.58.